The standard InChI is InChI=1S/C17H25N5OS2.HI/c1-18-16(20-11-15-12-24-17(21-15)22(2)3)19-9-10-25(23)13-14-7-5-4-6-8-14;/h4-8,12H,9-11,13H2,1-3H3,(H2,18,19,20);1H. The molecule has 1 heterocycles. The average Bonchev–Trinajstić information content (AvgIpc) is 3.08. The van der Waals surface area contributed by atoms with Gasteiger partial charge in [-0.1, -0.05) is 30.3 Å². The third-order valence-electron chi connectivity index (χ3n) is 3.38. The van der Waals surface area contributed by atoms with Crippen LogP contribution in [0.3, 0.4) is 0 Å². The molecule has 2 rings (SSSR count). The van der Waals surface area contributed by atoms with E-state index in [1.165, 1.54) is 0 Å². The zero-order chi connectivity index (χ0) is 18.1. The molecule has 0 radical (unpaired) electrons. The minimum absolute atomic E-state index is 0. The van der Waals surface area contributed by atoms with Gasteiger partial charge >= 0.3 is 0 Å². The van der Waals surface area contributed by atoms with Gasteiger partial charge in [0, 0.05) is 55.4 Å². The maximum absolute atomic E-state index is 12.1. The molecule has 26 heavy (non-hydrogen) atoms. The van der Waals surface area contributed by atoms with Crippen molar-refractivity contribution >= 4 is 57.2 Å². The van der Waals surface area contributed by atoms with E-state index in [2.05, 4.69) is 20.6 Å². The highest BCUT2D eigenvalue weighted by Crippen LogP contribution is 2.17. The molecule has 1 aromatic heterocycles. The molecule has 144 valence electrons. The van der Waals surface area contributed by atoms with E-state index in [0.29, 0.717) is 30.6 Å². The van der Waals surface area contributed by atoms with Gasteiger partial charge in [-0.2, -0.15) is 0 Å². The van der Waals surface area contributed by atoms with Crippen LogP contribution in [0.15, 0.2) is 40.7 Å². The number of anilines is 1. The summed E-state index contributed by atoms with van der Waals surface area (Å²) in [4.78, 5) is 10.7. The van der Waals surface area contributed by atoms with Crippen molar-refractivity contribution in [3.8, 4) is 0 Å². The lowest BCUT2D eigenvalue weighted by molar-refractivity contribution is 0.680. The first-order valence-corrected chi connectivity index (χ1v) is 10.4. The summed E-state index contributed by atoms with van der Waals surface area (Å²) < 4.78 is 12.1. The Hall–Kier alpha value is -1.20. The van der Waals surface area contributed by atoms with Gasteiger partial charge in [0.1, 0.15) is 0 Å². The number of benzene rings is 1. The molecule has 6 nitrogen and oxygen atoms in total. The Balaban J connectivity index is 0.00000338. The third-order valence-corrected chi connectivity index (χ3v) is 5.75. The Morgan fingerprint density at radius 2 is 2.00 bits per heavy atom. The number of hydrogen-bond acceptors (Lipinski definition) is 5. The van der Waals surface area contributed by atoms with E-state index < -0.39 is 10.8 Å². The molecule has 0 amide bonds. The molecule has 1 atom stereocenters. The van der Waals surface area contributed by atoms with E-state index >= 15 is 0 Å². The molecular formula is C17H26IN5OS2. The molecule has 0 spiro atoms. The Kier molecular flexibility index (Phi) is 10.7. The van der Waals surface area contributed by atoms with Crippen molar-refractivity contribution in [2.45, 2.75) is 12.3 Å². The molecule has 2 aromatic rings. The Bertz CT molecular complexity index is 706. The number of nitrogens with one attached hydrogen (secondary N) is 2. The third kappa shape index (κ3) is 8.00. The van der Waals surface area contributed by atoms with E-state index in [1.807, 2.05) is 54.7 Å². The Morgan fingerprint density at radius 1 is 1.27 bits per heavy atom. The van der Waals surface area contributed by atoms with Crippen LogP contribution in [0, 0.1) is 0 Å². The second kappa shape index (κ2) is 12.2. The van der Waals surface area contributed by atoms with Crippen LogP contribution in [-0.4, -0.2) is 48.6 Å². The first kappa shape index (κ1) is 22.8. The highest BCUT2D eigenvalue weighted by atomic mass is 127. The second-order valence-electron chi connectivity index (χ2n) is 5.64. The van der Waals surface area contributed by atoms with Gasteiger partial charge in [0.15, 0.2) is 11.1 Å². The van der Waals surface area contributed by atoms with E-state index in [0.717, 1.165) is 16.4 Å². The number of guanidine groups is 1. The second-order valence-corrected chi connectivity index (χ2v) is 8.06. The molecule has 1 unspecified atom stereocenters. The maximum atomic E-state index is 12.1. The van der Waals surface area contributed by atoms with Gasteiger partial charge in [0.05, 0.1) is 12.2 Å². The summed E-state index contributed by atoms with van der Waals surface area (Å²) in [7, 11) is 4.79. The van der Waals surface area contributed by atoms with Crippen LogP contribution in [0.2, 0.25) is 0 Å². The summed E-state index contributed by atoms with van der Waals surface area (Å²) in [5.74, 6) is 1.86. The van der Waals surface area contributed by atoms with E-state index in [1.54, 1.807) is 18.4 Å². The fourth-order valence-electron chi connectivity index (χ4n) is 2.09. The molecule has 0 aliphatic rings. The number of aliphatic imine (C=N–C) groups is 1. The minimum Gasteiger partial charge on any atom is -0.355 e. The summed E-state index contributed by atoms with van der Waals surface area (Å²) in [5.41, 5.74) is 2.08. The summed E-state index contributed by atoms with van der Waals surface area (Å²) in [6.07, 6.45) is 0. The molecule has 0 aliphatic heterocycles. The monoisotopic (exact) mass is 507 g/mol. The zero-order valence-electron chi connectivity index (χ0n) is 15.3. The molecular weight excluding hydrogens is 481 g/mol. The van der Waals surface area contributed by atoms with Crippen molar-refractivity contribution in [3.05, 3.63) is 47.0 Å². The highest BCUT2D eigenvalue weighted by Gasteiger charge is 2.06. The summed E-state index contributed by atoms with van der Waals surface area (Å²) in [5, 5.41) is 9.44. The van der Waals surface area contributed by atoms with Crippen molar-refractivity contribution in [1.82, 2.24) is 15.6 Å². The lowest BCUT2D eigenvalue weighted by Crippen LogP contribution is -2.38. The number of aromatic nitrogens is 1. The van der Waals surface area contributed by atoms with Crippen LogP contribution in [0.5, 0.6) is 0 Å². The van der Waals surface area contributed by atoms with Crippen molar-refractivity contribution in [1.29, 1.82) is 0 Å². The average molecular weight is 507 g/mol. The van der Waals surface area contributed by atoms with Gasteiger partial charge in [0.2, 0.25) is 0 Å². The number of hydrogen-bond donors (Lipinski definition) is 2. The van der Waals surface area contributed by atoms with Crippen molar-refractivity contribution in [2.75, 3.05) is 38.3 Å². The van der Waals surface area contributed by atoms with E-state index in [9.17, 15) is 4.21 Å². The number of nitrogens with zero attached hydrogens (tertiary/aromatic N) is 3. The number of rotatable bonds is 8. The Morgan fingerprint density at radius 3 is 2.62 bits per heavy atom. The largest absolute Gasteiger partial charge is 0.355 e. The summed E-state index contributed by atoms with van der Waals surface area (Å²) >= 11 is 1.61. The molecule has 2 N–H and O–H groups in total. The fraction of sp³-hybridized carbons (Fsp3) is 0.412. The van der Waals surface area contributed by atoms with Gasteiger partial charge in [-0.15, -0.1) is 35.3 Å². The number of thiazole rings is 1. The lowest BCUT2D eigenvalue weighted by Gasteiger charge is -2.11. The van der Waals surface area contributed by atoms with E-state index in [4.69, 9.17) is 0 Å². The van der Waals surface area contributed by atoms with Gasteiger partial charge in [0.25, 0.3) is 0 Å². The first-order chi connectivity index (χ1) is 12.1. The van der Waals surface area contributed by atoms with E-state index in [-0.39, 0.29) is 24.0 Å². The highest BCUT2D eigenvalue weighted by molar-refractivity contribution is 14.0. The SMILES string of the molecule is CN=C(NCCS(=O)Cc1ccccc1)NCc1csc(N(C)C)n1.I. The maximum Gasteiger partial charge on any atom is 0.191 e. The summed E-state index contributed by atoms with van der Waals surface area (Å²) in [6, 6.07) is 9.91. The van der Waals surface area contributed by atoms with Crippen LogP contribution >= 0.6 is 35.3 Å². The quantitative estimate of drug-likeness (QED) is 0.327. The first-order valence-electron chi connectivity index (χ1n) is 8.03. The van der Waals surface area contributed by atoms with Gasteiger partial charge in [-0.3, -0.25) is 9.20 Å². The van der Waals surface area contributed by atoms with Crippen molar-refractivity contribution in [3.63, 3.8) is 0 Å². The van der Waals surface area contributed by atoms with Crippen LogP contribution in [0.1, 0.15) is 11.3 Å². The van der Waals surface area contributed by atoms with Gasteiger partial charge in [-0.25, -0.2) is 4.98 Å². The molecule has 0 saturated heterocycles. The molecule has 0 aliphatic carbocycles. The smallest absolute Gasteiger partial charge is 0.191 e. The molecule has 0 saturated carbocycles. The number of halogens is 1. The fourth-order valence-corrected chi connectivity index (χ4v) is 3.89. The Labute approximate surface area is 179 Å². The van der Waals surface area contributed by atoms with Crippen LogP contribution < -0.4 is 15.5 Å². The zero-order valence-corrected chi connectivity index (χ0v) is 19.2. The molecule has 0 fully saturated rings. The van der Waals surface area contributed by atoms with Crippen LogP contribution in [0.4, 0.5) is 5.13 Å². The normalized spacial score (nSPS) is 12.2. The van der Waals surface area contributed by atoms with Crippen molar-refractivity contribution < 1.29 is 4.21 Å². The summed E-state index contributed by atoms with van der Waals surface area (Å²) in [6.45, 7) is 1.22. The van der Waals surface area contributed by atoms with Crippen LogP contribution in [0.25, 0.3) is 0 Å². The topological polar surface area (TPSA) is 69.6 Å². The molecule has 9 heteroatoms. The van der Waals surface area contributed by atoms with Crippen LogP contribution in [-0.2, 0) is 23.1 Å². The van der Waals surface area contributed by atoms with Gasteiger partial charge in [-0.05, 0) is 5.56 Å². The van der Waals surface area contributed by atoms with Crippen molar-refractivity contribution in [2.24, 2.45) is 4.99 Å². The predicted molar refractivity (Wildman–Crippen MR) is 123 cm³/mol. The predicted octanol–water partition coefficient (Wildman–Crippen LogP) is 2.44. The van der Waals surface area contributed by atoms with Gasteiger partial charge < -0.3 is 15.5 Å². The minimum atomic E-state index is -0.893. The lowest BCUT2D eigenvalue weighted by atomic mass is 10.2. The molecule has 1 aromatic carbocycles. The molecule has 0 bridgehead atoms.